The maximum Gasteiger partial charge on any atom is 0.186 e. The summed E-state index contributed by atoms with van der Waals surface area (Å²) in [4.78, 5) is 8.81. The Morgan fingerprint density at radius 1 is 1.09 bits per heavy atom. The number of aryl methyl sites for hydroxylation is 1. The molecule has 2 N–H and O–H groups in total. The van der Waals surface area contributed by atoms with Gasteiger partial charge in [0.05, 0.1) is 16.9 Å². The highest BCUT2D eigenvalue weighted by Crippen LogP contribution is 2.37. The zero-order valence-electron chi connectivity index (χ0n) is 20.3. The normalized spacial score (nSPS) is 11.8. The molecule has 0 saturated carbocycles. The molecule has 2 heterocycles. The van der Waals surface area contributed by atoms with E-state index < -0.39 is 14.6 Å². The molecule has 0 bridgehead atoms. The summed E-state index contributed by atoms with van der Waals surface area (Å²) >= 11 is 0. The molecule has 9 heteroatoms. The fourth-order valence-electron chi connectivity index (χ4n) is 2.86. The van der Waals surface area contributed by atoms with Crippen LogP contribution in [-0.4, -0.2) is 39.9 Å². The Morgan fingerprint density at radius 2 is 1.78 bits per heavy atom. The van der Waals surface area contributed by atoms with Gasteiger partial charge in [0.15, 0.2) is 15.7 Å². The number of H-pyrrole nitrogens is 1. The predicted molar refractivity (Wildman–Crippen MR) is 130 cm³/mol. The lowest BCUT2D eigenvalue weighted by Crippen LogP contribution is -2.28. The molecule has 0 aliphatic heterocycles. The van der Waals surface area contributed by atoms with E-state index in [1.54, 1.807) is 32.9 Å². The van der Waals surface area contributed by atoms with Crippen LogP contribution in [0.2, 0.25) is 0 Å². The quantitative estimate of drug-likeness (QED) is 0.448. The van der Waals surface area contributed by atoms with Gasteiger partial charge in [-0.2, -0.15) is 5.10 Å². The standard InChI is InChI=1S/C21H29N5O3S.C2H6/c1-7-8-9-29-17-11-16-15(10-18(17)30(27,28)21(4,5)6)20(23-12-22-16)24-19-13(2)14(3)25-26-19;1-2/h10-12H,7-9H2,1-6H3,(H2,22,23,24,25,26);1-2H3. The van der Waals surface area contributed by atoms with Gasteiger partial charge in [-0.15, -0.1) is 0 Å². The Balaban J connectivity index is 0.00000176. The van der Waals surface area contributed by atoms with E-state index in [0.717, 1.165) is 24.1 Å². The van der Waals surface area contributed by atoms with Gasteiger partial charge < -0.3 is 10.1 Å². The third-order valence-electron chi connectivity index (χ3n) is 5.04. The van der Waals surface area contributed by atoms with Crippen molar-refractivity contribution in [2.45, 2.75) is 77.9 Å². The van der Waals surface area contributed by atoms with Gasteiger partial charge >= 0.3 is 0 Å². The van der Waals surface area contributed by atoms with Gasteiger partial charge in [0, 0.05) is 22.7 Å². The number of rotatable bonds is 7. The van der Waals surface area contributed by atoms with E-state index in [-0.39, 0.29) is 4.90 Å². The van der Waals surface area contributed by atoms with E-state index in [4.69, 9.17) is 4.74 Å². The van der Waals surface area contributed by atoms with E-state index >= 15 is 0 Å². The van der Waals surface area contributed by atoms with Crippen molar-refractivity contribution < 1.29 is 13.2 Å². The highest BCUT2D eigenvalue weighted by atomic mass is 32.2. The highest BCUT2D eigenvalue weighted by Gasteiger charge is 2.34. The van der Waals surface area contributed by atoms with Crippen molar-refractivity contribution in [2.24, 2.45) is 0 Å². The monoisotopic (exact) mass is 461 g/mol. The van der Waals surface area contributed by atoms with Gasteiger partial charge in [-0.1, -0.05) is 27.2 Å². The molecule has 0 spiro atoms. The summed E-state index contributed by atoms with van der Waals surface area (Å²) in [6.07, 6.45) is 3.22. The number of unbranched alkanes of at least 4 members (excludes halogenated alkanes) is 1. The molecule has 0 unspecified atom stereocenters. The van der Waals surface area contributed by atoms with Crippen LogP contribution in [0.15, 0.2) is 23.4 Å². The number of hydrogen-bond acceptors (Lipinski definition) is 7. The van der Waals surface area contributed by atoms with Crippen molar-refractivity contribution in [2.75, 3.05) is 11.9 Å². The molecule has 1 aromatic carbocycles. The summed E-state index contributed by atoms with van der Waals surface area (Å²) in [5.41, 5.74) is 2.50. The Kier molecular flexibility index (Phi) is 8.23. The van der Waals surface area contributed by atoms with Gasteiger partial charge in [0.1, 0.15) is 22.8 Å². The second-order valence-corrected chi connectivity index (χ2v) is 11.0. The van der Waals surface area contributed by atoms with Gasteiger partial charge in [0.25, 0.3) is 0 Å². The first kappa shape index (κ1) is 25.6. The zero-order valence-corrected chi connectivity index (χ0v) is 21.1. The van der Waals surface area contributed by atoms with Crippen LogP contribution in [0.25, 0.3) is 10.9 Å². The summed E-state index contributed by atoms with van der Waals surface area (Å²) in [7, 11) is -3.66. The molecule has 3 aromatic rings. The smallest absolute Gasteiger partial charge is 0.186 e. The van der Waals surface area contributed by atoms with Crippen LogP contribution in [0, 0.1) is 13.8 Å². The van der Waals surface area contributed by atoms with Gasteiger partial charge in [0.2, 0.25) is 0 Å². The molecule has 0 aliphatic rings. The Morgan fingerprint density at radius 3 is 2.34 bits per heavy atom. The maximum atomic E-state index is 13.3. The van der Waals surface area contributed by atoms with E-state index in [0.29, 0.717) is 34.9 Å². The van der Waals surface area contributed by atoms with Crippen molar-refractivity contribution in [3.63, 3.8) is 0 Å². The molecule has 176 valence electrons. The number of nitrogens with zero attached hydrogens (tertiary/aromatic N) is 3. The van der Waals surface area contributed by atoms with Crippen molar-refractivity contribution in [1.82, 2.24) is 20.2 Å². The SMILES string of the molecule is CC.CCCCOc1cc2ncnc(Nc3n[nH]c(C)c3C)c2cc1S(=O)(=O)C(C)(C)C. The second-order valence-electron chi connectivity index (χ2n) is 8.30. The summed E-state index contributed by atoms with van der Waals surface area (Å²) in [6.45, 7) is 15.4. The molecule has 32 heavy (non-hydrogen) atoms. The van der Waals surface area contributed by atoms with Crippen LogP contribution >= 0.6 is 0 Å². The fourth-order valence-corrected chi connectivity index (χ4v) is 4.18. The number of anilines is 2. The van der Waals surface area contributed by atoms with Crippen molar-refractivity contribution in [3.8, 4) is 5.75 Å². The van der Waals surface area contributed by atoms with Crippen molar-refractivity contribution in [3.05, 3.63) is 29.7 Å². The lowest BCUT2D eigenvalue weighted by atomic mass is 10.2. The number of benzene rings is 1. The molecule has 0 fully saturated rings. The number of hydrogen-bond donors (Lipinski definition) is 2. The molecule has 0 aliphatic carbocycles. The molecule has 0 saturated heterocycles. The molecule has 0 atom stereocenters. The topological polar surface area (TPSA) is 110 Å². The first-order valence-corrected chi connectivity index (χ1v) is 12.5. The molecule has 2 aromatic heterocycles. The summed E-state index contributed by atoms with van der Waals surface area (Å²) < 4.78 is 31.5. The fraction of sp³-hybridized carbons (Fsp3) is 0.522. The minimum atomic E-state index is -3.66. The largest absolute Gasteiger partial charge is 0.492 e. The third-order valence-corrected chi connectivity index (χ3v) is 7.55. The first-order chi connectivity index (χ1) is 15.1. The Hall–Kier alpha value is -2.68. The van der Waals surface area contributed by atoms with Crippen LogP contribution in [0.3, 0.4) is 0 Å². The number of nitrogens with one attached hydrogen (secondary N) is 2. The Bertz CT molecular complexity index is 1160. The van der Waals surface area contributed by atoms with E-state index in [9.17, 15) is 8.42 Å². The number of sulfone groups is 1. The van der Waals surface area contributed by atoms with Crippen LogP contribution < -0.4 is 10.1 Å². The first-order valence-electron chi connectivity index (χ1n) is 11.0. The number of ether oxygens (including phenoxy) is 1. The molecule has 3 rings (SSSR count). The summed E-state index contributed by atoms with van der Waals surface area (Å²) in [5.74, 6) is 1.44. The number of aromatic nitrogens is 4. The summed E-state index contributed by atoms with van der Waals surface area (Å²) in [6, 6.07) is 3.29. The lowest BCUT2D eigenvalue weighted by Gasteiger charge is -2.22. The van der Waals surface area contributed by atoms with Crippen LogP contribution in [0.5, 0.6) is 5.75 Å². The molecule has 8 nitrogen and oxygen atoms in total. The molecular weight excluding hydrogens is 426 g/mol. The van der Waals surface area contributed by atoms with E-state index in [1.165, 1.54) is 6.33 Å². The van der Waals surface area contributed by atoms with E-state index in [1.807, 2.05) is 27.7 Å². The third kappa shape index (κ3) is 5.20. The second kappa shape index (κ2) is 10.3. The molecule has 0 amide bonds. The maximum absolute atomic E-state index is 13.3. The van der Waals surface area contributed by atoms with Crippen LogP contribution in [-0.2, 0) is 9.84 Å². The van der Waals surface area contributed by atoms with Crippen LogP contribution in [0.4, 0.5) is 11.6 Å². The average molecular weight is 462 g/mol. The molecule has 0 radical (unpaired) electrons. The highest BCUT2D eigenvalue weighted by molar-refractivity contribution is 7.92. The Labute approximate surface area is 191 Å². The minimum Gasteiger partial charge on any atom is -0.492 e. The van der Waals surface area contributed by atoms with Gasteiger partial charge in [-0.3, -0.25) is 5.10 Å². The van der Waals surface area contributed by atoms with Gasteiger partial charge in [-0.25, -0.2) is 18.4 Å². The van der Waals surface area contributed by atoms with E-state index in [2.05, 4.69) is 32.4 Å². The van der Waals surface area contributed by atoms with Crippen LogP contribution in [0.1, 0.15) is 65.6 Å². The van der Waals surface area contributed by atoms with Crippen molar-refractivity contribution in [1.29, 1.82) is 0 Å². The van der Waals surface area contributed by atoms with Gasteiger partial charge in [-0.05, 0) is 47.1 Å². The zero-order chi connectivity index (χ0) is 24.1. The minimum absolute atomic E-state index is 0.145. The molecular formula is C23H35N5O3S. The van der Waals surface area contributed by atoms with Crippen molar-refractivity contribution >= 4 is 32.4 Å². The number of fused-ring (bicyclic) bond motifs is 1. The lowest BCUT2D eigenvalue weighted by molar-refractivity contribution is 0.302. The predicted octanol–water partition coefficient (Wildman–Crippen LogP) is 5.49. The average Bonchev–Trinajstić information content (AvgIpc) is 3.06. The number of aromatic amines is 1. The summed E-state index contributed by atoms with van der Waals surface area (Å²) in [5, 5.41) is 11.0.